The fourth-order valence-electron chi connectivity index (χ4n) is 2.79. The minimum Gasteiger partial charge on any atom is -0.341 e. The minimum absolute atomic E-state index is 0.104. The van der Waals surface area contributed by atoms with Crippen LogP contribution in [0.4, 0.5) is 0 Å². The SMILES string of the molecule is O=C(/C=C/c1ccc(Cl)c(Cl)c1)N1CCC(=O)N(CCCCCCl)CC1. The second-order valence-electron chi connectivity index (χ2n) is 6.21. The smallest absolute Gasteiger partial charge is 0.246 e. The number of hydrogen-bond donors (Lipinski definition) is 0. The van der Waals surface area contributed by atoms with Crippen LogP contribution in [0.5, 0.6) is 0 Å². The van der Waals surface area contributed by atoms with Gasteiger partial charge in [-0.1, -0.05) is 35.7 Å². The van der Waals surface area contributed by atoms with Gasteiger partial charge in [0.15, 0.2) is 0 Å². The van der Waals surface area contributed by atoms with E-state index in [2.05, 4.69) is 0 Å². The molecule has 1 aromatic rings. The van der Waals surface area contributed by atoms with E-state index in [9.17, 15) is 9.59 Å². The summed E-state index contributed by atoms with van der Waals surface area (Å²) in [5.41, 5.74) is 0.805. The van der Waals surface area contributed by atoms with Crippen LogP contribution in [0.15, 0.2) is 24.3 Å². The van der Waals surface area contributed by atoms with Crippen molar-refractivity contribution in [3.05, 3.63) is 39.9 Å². The number of unbranched alkanes of at least 4 members (excludes halogenated alkanes) is 2. The average Bonchev–Trinajstić information content (AvgIpc) is 2.81. The van der Waals surface area contributed by atoms with Gasteiger partial charge in [0.2, 0.25) is 11.8 Å². The number of halogens is 3. The molecular formula is C19H23Cl3N2O2. The van der Waals surface area contributed by atoms with Gasteiger partial charge in [0.05, 0.1) is 10.0 Å². The Labute approximate surface area is 169 Å². The van der Waals surface area contributed by atoms with Crippen LogP contribution in [-0.2, 0) is 9.59 Å². The minimum atomic E-state index is -0.104. The van der Waals surface area contributed by atoms with E-state index in [-0.39, 0.29) is 11.8 Å². The Morgan fingerprint density at radius 1 is 1.08 bits per heavy atom. The predicted molar refractivity (Wildman–Crippen MR) is 108 cm³/mol. The van der Waals surface area contributed by atoms with Gasteiger partial charge in [0.1, 0.15) is 0 Å². The molecule has 142 valence electrons. The van der Waals surface area contributed by atoms with Crippen molar-refractivity contribution in [2.75, 3.05) is 32.1 Å². The summed E-state index contributed by atoms with van der Waals surface area (Å²) in [6.45, 7) is 2.30. The molecule has 0 unspecified atom stereocenters. The normalized spacial score (nSPS) is 15.6. The van der Waals surface area contributed by atoms with Crippen LogP contribution >= 0.6 is 34.8 Å². The van der Waals surface area contributed by atoms with E-state index in [1.165, 1.54) is 6.08 Å². The third kappa shape index (κ3) is 6.49. The van der Waals surface area contributed by atoms with Gasteiger partial charge in [0, 0.05) is 44.6 Å². The van der Waals surface area contributed by atoms with Crippen LogP contribution in [0.2, 0.25) is 10.0 Å². The first kappa shape index (κ1) is 21.1. The molecule has 7 heteroatoms. The molecule has 0 radical (unpaired) electrons. The zero-order chi connectivity index (χ0) is 18.9. The van der Waals surface area contributed by atoms with Gasteiger partial charge in [-0.25, -0.2) is 0 Å². The average molecular weight is 418 g/mol. The van der Waals surface area contributed by atoms with Crippen LogP contribution in [-0.4, -0.2) is 53.7 Å². The van der Waals surface area contributed by atoms with Crippen molar-refractivity contribution in [2.45, 2.75) is 25.7 Å². The Bertz CT molecular complexity index is 664. The van der Waals surface area contributed by atoms with E-state index in [0.29, 0.717) is 42.0 Å². The van der Waals surface area contributed by atoms with Crippen molar-refractivity contribution in [1.29, 1.82) is 0 Å². The lowest BCUT2D eigenvalue weighted by Crippen LogP contribution is -2.35. The van der Waals surface area contributed by atoms with Crippen molar-refractivity contribution in [3.63, 3.8) is 0 Å². The Balaban J connectivity index is 1.88. The first-order chi connectivity index (χ1) is 12.5. The molecule has 0 bridgehead atoms. The fraction of sp³-hybridized carbons (Fsp3) is 0.474. The molecule has 2 amide bonds. The van der Waals surface area contributed by atoms with Crippen molar-refractivity contribution in [2.24, 2.45) is 0 Å². The quantitative estimate of drug-likeness (QED) is 0.373. The van der Waals surface area contributed by atoms with Gasteiger partial charge in [0.25, 0.3) is 0 Å². The Kier molecular flexibility index (Phi) is 8.76. The number of alkyl halides is 1. The molecule has 0 spiro atoms. The molecule has 1 aliphatic heterocycles. The highest BCUT2D eigenvalue weighted by atomic mass is 35.5. The molecule has 1 aromatic carbocycles. The summed E-state index contributed by atoms with van der Waals surface area (Å²) in [5.74, 6) is 0.661. The van der Waals surface area contributed by atoms with Crippen LogP contribution in [0, 0.1) is 0 Å². The zero-order valence-electron chi connectivity index (χ0n) is 14.6. The largest absolute Gasteiger partial charge is 0.341 e. The number of hydrogen-bond acceptors (Lipinski definition) is 2. The zero-order valence-corrected chi connectivity index (χ0v) is 16.9. The molecule has 0 aliphatic carbocycles. The van der Waals surface area contributed by atoms with E-state index in [1.807, 2.05) is 4.90 Å². The molecular weight excluding hydrogens is 395 g/mol. The maximum absolute atomic E-state index is 12.4. The van der Waals surface area contributed by atoms with E-state index in [1.54, 1.807) is 29.2 Å². The maximum atomic E-state index is 12.4. The highest BCUT2D eigenvalue weighted by Crippen LogP contribution is 2.23. The van der Waals surface area contributed by atoms with Crippen LogP contribution in [0.25, 0.3) is 6.08 Å². The number of nitrogens with zero attached hydrogens (tertiary/aromatic N) is 2. The summed E-state index contributed by atoms with van der Waals surface area (Å²) in [5, 5.41) is 0.929. The number of amides is 2. The topological polar surface area (TPSA) is 40.6 Å². The highest BCUT2D eigenvalue weighted by Gasteiger charge is 2.22. The Morgan fingerprint density at radius 3 is 2.62 bits per heavy atom. The standard InChI is InChI=1S/C19H23Cl3N2O2/c20-9-2-1-3-10-23-12-13-24(11-8-19(23)26)18(25)7-5-15-4-6-16(21)17(22)14-15/h4-7,14H,1-3,8-13H2/b7-5+. The van der Waals surface area contributed by atoms with Crippen molar-refractivity contribution in [3.8, 4) is 0 Å². The van der Waals surface area contributed by atoms with E-state index < -0.39 is 0 Å². The molecule has 26 heavy (non-hydrogen) atoms. The number of carbonyl (C=O) groups excluding carboxylic acids is 2. The first-order valence-corrected chi connectivity index (χ1v) is 10.1. The second kappa shape index (κ2) is 10.8. The lowest BCUT2D eigenvalue weighted by atomic mass is 10.2. The lowest BCUT2D eigenvalue weighted by Gasteiger charge is -2.21. The van der Waals surface area contributed by atoms with Gasteiger partial charge in [-0.05, 0) is 36.6 Å². The number of benzene rings is 1. The second-order valence-corrected chi connectivity index (χ2v) is 7.40. The van der Waals surface area contributed by atoms with Crippen molar-refractivity contribution >= 4 is 52.7 Å². The maximum Gasteiger partial charge on any atom is 0.246 e. The van der Waals surface area contributed by atoms with Gasteiger partial charge < -0.3 is 9.80 Å². The number of carbonyl (C=O) groups is 2. The molecule has 1 fully saturated rings. The molecule has 4 nitrogen and oxygen atoms in total. The third-order valence-corrected chi connectivity index (χ3v) is 5.33. The molecule has 1 heterocycles. The predicted octanol–water partition coefficient (Wildman–Crippen LogP) is 4.48. The summed E-state index contributed by atoms with van der Waals surface area (Å²) in [6, 6.07) is 5.20. The van der Waals surface area contributed by atoms with Gasteiger partial charge >= 0.3 is 0 Å². The molecule has 0 atom stereocenters. The molecule has 0 aromatic heterocycles. The van der Waals surface area contributed by atoms with Crippen LogP contribution < -0.4 is 0 Å². The number of rotatable bonds is 7. The van der Waals surface area contributed by atoms with Gasteiger partial charge in [-0.2, -0.15) is 0 Å². The highest BCUT2D eigenvalue weighted by molar-refractivity contribution is 6.42. The summed E-state index contributed by atoms with van der Waals surface area (Å²) in [7, 11) is 0. The van der Waals surface area contributed by atoms with Gasteiger partial charge in [-0.3, -0.25) is 9.59 Å². The van der Waals surface area contributed by atoms with Crippen molar-refractivity contribution < 1.29 is 9.59 Å². The van der Waals surface area contributed by atoms with Gasteiger partial charge in [-0.15, -0.1) is 11.6 Å². The lowest BCUT2D eigenvalue weighted by molar-refractivity contribution is -0.130. The fourth-order valence-corrected chi connectivity index (χ4v) is 3.28. The molecule has 1 aliphatic rings. The molecule has 0 saturated carbocycles. The van der Waals surface area contributed by atoms with Crippen LogP contribution in [0.1, 0.15) is 31.2 Å². The first-order valence-electron chi connectivity index (χ1n) is 8.77. The monoisotopic (exact) mass is 416 g/mol. The Hall–Kier alpha value is -1.23. The summed E-state index contributed by atoms with van der Waals surface area (Å²) in [6.07, 6.45) is 6.52. The summed E-state index contributed by atoms with van der Waals surface area (Å²) >= 11 is 17.5. The van der Waals surface area contributed by atoms with Crippen molar-refractivity contribution in [1.82, 2.24) is 9.80 Å². The van der Waals surface area contributed by atoms with E-state index >= 15 is 0 Å². The Morgan fingerprint density at radius 2 is 1.88 bits per heavy atom. The molecule has 2 rings (SSSR count). The third-order valence-electron chi connectivity index (χ3n) is 4.32. The molecule has 1 saturated heterocycles. The summed E-state index contributed by atoms with van der Waals surface area (Å²) < 4.78 is 0. The summed E-state index contributed by atoms with van der Waals surface area (Å²) in [4.78, 5) is 28.2. The van der Waals surface area contributed by atoms with E-state index in [0.717, 1.165) is 31.4 Å². The van der Waals surface area contributed by atoms with Crippen LogP contribution in [0.3, 0.4) is 0 Å². The molecule has 0 N–H and O–H groups in total. The van der Waals surface area contributed by atoms with E-state index in [4.69, 9.17) is 34.8 Å².